The second-order valence-corrected chi connectivity index (χ2v) is 4.33. The van der Waals surface area contributed by atoms with Crippen molar-refractivity contribution in [1.82, 2.24) is 0 Å². The summed E-state index contributed by atoms with van der Waals surface area (Å²) >= 11 is 0. The van der Waals surface area contributed by atoms with Gasteiger partial charge >= 0.3 is 0 Å². The quantitative estimate of drug-likeness (QED) is 0.850. The molecule has 0 bridgehead atoms. The second-order valence-electron chi connectivity index (χ2n) is 4.33. The number of ether oxygens (including phenoxy) is 1. The fourth-order valence-corrected chi connectivity index (χ4v) is 1.98. The number of benzene rings is 1. The number of anilines is 1. The average molecular weight is 223 g/mol. The van der Waals surface area contributed by atoms with E-state index in [0.29, 0.717) is 0 Å². The van der Waals surface area contributed by atoms with Crippen molar-refractivity contribution < 1.29 is 9.13 Å². The summed E-state index contributed by atoms with van der Waals surface area (Å²) in [5, 5.41) is 3.26. The van der Waals surface area contributed by atoms with Gasteiger partial charge in [-0.15, -0.1) is 0 Å². The van der Waals surface area contributed by atoms with E-state index in [-0.39, 0.29) is 11.9 Å². The van der Waals surface area contributed by atoms with Crippen molar-refractivity contribution in [1.29, 1.82) is 0 Å². The molecule has 0 amide bonds. The molecule has 16 heavy (non-hydrogen) atoms. The van der Waals surface area contributed by atoms with Gasteiger partial charge < -0.3 is 10.1 Å². The van der Waals surface area contributed by atoms with E-state index >= 15 is 0 Å². The van der Waals surface area contributed by atoms with Crippen molar-refractivity contribution in [3.8, 4) is 0 Å². The third kappa shape index (κ3) is 2.95. The number of aryl methyl sites for hydroxylation is 1. The van der Waals surface area contributed by atoms with Crippen LogP contribution < -0.4 is 5.32 Å². The summed E-state index contributed by atoms with van der Waals surface area (Å²) in [6.45, 7) is 3.60. The highest BCUT2D eigenvalue weighted by atomic mass is 19.1. The van der Waals surface area contributed by atoms with Crippen LogP contribution in [0.2, 0.25) is 0 Å². The van der Waals surface area contributed by atoms with E-state index < -0.39 is 0 Å². The van der Waals surface area contributed by atoms with Crippen LogP contribution in [0, 0.1) is 12.7 Å². The Kier molecular flexibility index (Phi) is 3.78. The van der Waals surface area contributed by atoms with Gasteiger partial charge in [-0.05, 0) is 43.9 Å². The van der Waals surface area contributed by atoms with Crippen molar-refractivity contribution in [2.45, 2.75) is 32.3 Å². The summed E-state index contributed by atoms with van der Waals surface area (Å²) in [5.74, 6) is -0.197. The molecule has 1 unspecified atom stereocenters. The molecule has 1 heterocycles. The number of halogens is 1. The van der Waals surface area contributed by atoms with Crippen LogP contribution in [0.5, 0.6) is 0 Å². The molecule has 1 N–H and O–H groups in total. The number of hydrogen-bond donors (Lipinski definition) is 1. The molecular formula is C13H18FNO. The lowest BCUT2D eigenvalue weighted by Gasteiger charge is -2.23. The molecule has 1 fully saturated rings. The smallest absolute Gasteiger partial charge is 0.125 e. The van der Waals surface area contributed by atoms with Crippen LogP contribution >= 0.6 is 0 Å². The molecule has 1 aromatic rings. The van der Waals surface area contributed by atoms with Crippen LogP contribution in [0.3, 0.4) is 0 Å². The monoisotopic (exact) mass is 223 g/mol. The maximum atomic E-state index is 13.0. The molecule has 1 aliphatic rings. The van der Waals surface area contributed by atoms with Crippen LogP contribution in [-0.4, -0.2) is 19.3 Å². The van der Waals surface area contributed by atoms with E-state index in [4.69, 9.17) is 4.74 Å². The first-order valence-electron chi connectivity index (χ1n) is 5.87. The van der Waals surface area contributed by atoms with E-state index in [1.165, 1.54) is 18.6 Å². The van der Waals surface area contributed by atoms with Gasteiger partial charge in [-0.1, -0.05) is 6.07 Å². The molecule has 2 nitrogen and oxygen atoms in total. The van der Waals surface area contributed by atoms with E-state index in [9.17, 15) is 4.39 Å². The van der Waals surface area contributed by atoms with Crippen molar-refractivity contribution in [3.05, 3.63) is 29.6 Å². The molecule has 1 saturated heterocycles. The van der Waals surface area contributed by atoms with Crippen LogP contribution in [0.15, 0.2) is 18.2 Å². The van der Waals surface area contributed by atoms with Crippen LogP contribution in [-0.2, 0) is 4.74 Å². The molecule has 1 aromatic carbocycles. The molecule has 0 aliphatic carbocycles. The Balaban J connectivity index is 1.90. The highest BCUT2D eigenvalue weighted by Crippen LogP contribution is 2.18. The van der Waals surface area contributed by atoms with Gasteiger partial charge in [0.25, 0.3) is 0 Å². The maximum absolute atomic E-state index is 13.0. The Bertz CT molecular complexity index is 348. The Morgan fingerprint density at radius 1 is 1.44 bits per heavy atom. The summed E-state index contributed by atoms with van der Waals surface area (Å²) < 4.78 is 18.7. The van der Waals surface area contributed by atoms with E-state index in [0.717, 1.165) is 37.2 Å². The molecular weight excluding hydrogens is 205 g/mol. The predicted octanol–water partition coefficient (Wildman–Crippen LogP) is 3.12. The van der Waals surface area contributed by atoms with E-state index in [2.05, 4.69) is 5.32 Å². The van der Waals surface area contributed by atoms with Gasteiger partial charge in [0.05, 0.1) is 6.10 Å². The summed E-state index contributed by atoms with van der Waals surface area (Å²) in [7, 11) is 0. The van der Waals surface area contributed by atoms with Crippen molar-refractivity contribution in [2.75, 3.05) is 18.5 Å². The molecule has 0 spiro atoms. The molecule has 1 atom stereocenters. The lowest BCUT2D eigenvalue weighted by Crippen LogP contribution is -2.27. The normalized spacial score (nSPS) is 20.8. The zero-order valence-electron chi connectivity index (χ0n) is 9.63. The fourth-order valence-electron chi connectivity index (χ4n) is 1.98. The van der Waals surface area contributed by atoms with Gasteiger partial charge in [0.2, 0.25) is 0 Å². The molecule has 2 rings (SSSR count). The van der Waals surface area contributed by atoms with Gasteiger partial charge in [-0.25, -0.2) is 4.39 Å². The minimum atomic E-state index is -0.197. The van der Waals surface area contributed by atoms with Gasteiger partial charge in [-0.3, -0.25) is 0 Å². The number of hydrogen-bond acceptors (Lipinski definition) is 2. The Hall–Kier alpha value is -1.09. The summed E-state index contributed by atoms with van der Waals surface area (Å²) in [5.41, 5.74) is 1.94. The number of rotatable bonds is 3. The Labute approximate surface area is 95.8 Å². The van der Waals surface area contributed by atoms with Crippen molar-refractivity contribution in [2.24, 2.45) is 0 Å². The van der Waals surface area contributed by atoms with Crippen molar-refractivity contribution >= 4 is 5.69 Å². The molecule has 88 valence electrons. The molecule has 0 saturated carbocycles. The first-order chi connectivity index (χ1) is 7.75. The topological polar surface area (TPSA) is 21.3 Å². The number of nitrogens with one attached hydrogen (secondary N) is 1. The highest BCUT2D eigenvalue weighted by molar-refractivity contribution is 5.50. The third-order valence-corrected chi connectivity index (χ3v) is 2.99. The second kappa shape index (κ2) is 5.30. The summed E-state index contributed by atoms with van der Waals surface area (Å²) in [6, 6.07) is 4.81. The standard InChI is InChI=1S/C13H18FNO/c1-10-5-6-11(14)8-13(10)15-9-12-4-2-3-7-16-12/h5-6,8,12,15H,2-4,7,9H2,1H3. The maximum Gasteiger partial charge on any atom is 0.125 e. The average Bonchev–Trinajstić information content (AvgIpc) is 2.32. The minimum Gasteiger partial charge on any atom is -0.382 e. The zero-order chi connectivity index (χ0) is 11.4. The van der Waals surface area contributed by atoms with Gasteiger partial charge in [0.1, 0.15) is 5.82 Å². The highest BCUT2D eigenvalue weighted by Gasteiger charge is 2.13. The lowest BCUT2D eigenvalue weighted by molar-refractivity contribution is 0.0247. The molecule has 1 aliphatic heterocycles. The molecule has 0 aromatic heterocycles. The molecule has 0 radical (unpaired) electrons. The van der Waals surface area contributed by atoms with Crippen LogP contribution in [0.1, 0.15) is 24.8 Å². The summed E-state index contributed by atoms with van der Waals surface area (Å²) in [4.78, 5) is 0. The predicted molar refractivity (Wildman–Crippen MR) is 63.2 cm³/mol. The molecule has 3 heteroatoms. The van der Waals surface area contributed by atoms with Gasteiger partial charge in [0, 0.05) is 18.8 Å². The van der Waals surface area contributed by atoms with Gasteiger partial charge in [0.15, 0.2) is 0 Å². The first-order valence-corrected chi connectivity index (χ1v) is 5.87. The van der Waals surface area contributed by atoms with E-state index in [1.807, 2.05) is 6.92 Å². The van der Waals surface area contributed by atoms with Gasteiger partial charge in [-0.2, -0.15) is 0 Å². The van der Waals surface area contributed by atoms with Crippen LogP contribution in [0.4, 0.5) is 10.1 Å². The Morgan fingerprint density at radius 2 is 2.31 bits per heavy atom. The first kappa shape index (κ1) is 11.4. The summed E-state index contributed by atoms with van der Waals surface area (Å²) in [6.07, 6.45) is 3.77. The SMILES string of the molecule is Cc1ccc(F)cc1NCC1CCCCO1. The van der Waals surface area contributed by atoms with Crippen molar-refractivity contribution in [3.63, 3.8) is 0 Å². The minimum absolute atomic E-state index is 0.197. The zero-order valence-corrected chi connectivity index (χ0v) is 9.63. The van der Waals surface area contributed by atoms with Crippen LogP contribution in [0.25, 0.3) is 0 Å². The Morgan fingerprint density at radius 3 is 3.06 bits per heavy atom. The third-order valence-electron chi connectivity index (χ3n) is 2.99. The van der Waals surface area contributed by atoms with E-state index in [1.54, 1.807) is 6.07 Å². The lowest BCUT2D eigenvalue weighted by atomic mass is 10.1. The largest absolute Gasteiger partial charge is 0.382 e. The fraction of sp³-hybridized carbons (Fsp3) is 0.538.